The summed E-state index contributed by atoms with van der Waals surface area (Å²) in [6.07, 6.45) is 1.57. The molecule has 0 atom stereocenters. The van der Waals surface area contributed by atoms with E-state index in [-0.39, 0.29) is 5.78 Å². The van der Waals surface area contributed by atoms with Gasteiger partial charge in [-0.1, -0.05) is 0 Å². The Morgan fingerprint density at radius 2 is 2.31 bits per heavy atom. The number of ketones is 1. The van der Waals surface area contributed by atoms with E-state index < -0.39 is 0 Å². The van der Waals surface area contributed by atoms with Gasteiger partial charge in [0.1, 0.15) is 10.7 Å². The van der Waals surface area contributed by atoms with Crippen LogP contribution in [-0.4, -0.2) is 15.8 Å². The molecule has 4 nitrogen and oxygen atoms in total. The first-order valence-electron chi connectivity index (χ1n) is 4.82. The van der Waals surface area contributed by atoms with Gasteiger partial charge in [-0.3, -0.25) is 9.78 Å². The molecule has 0 fully saturated rings. The molecule has 0 saturated heterocycles. The lowest BCUT2D eigenvalue weighted by Crippen LogP contribution is -2.04. The molecular formula is C11H11N3OS. The average molecular weight is 233 g/mol. The zero-order chi connectivity index (χ0) is 11.5. The van der Waals surface area contributed by atoms with Crippen LogP contribution >= 0.6 is 11.3 Å². The Morgan fingerprint density at radius 3 is 2.88 bits per heavy atom. The zero-order valence-electron chi connectivity index (χ0n) is 8.80. The van der Waals surface area contributed by atoms with E-state index in [1.54, 1.807) is 17.6 Å². The minimum Gasteiger partial charge on any atom is -0.325 e. The van der Waals surface area contributed by atoms with Crippen molar-refractivity contribution in [2.75, 3.05) is 0 Å². The fourth-order valence-electron chi connectivity index (χ4n) is 1.26. The highest BCUT2D eigenvalue weighted by molar-refractivity contribution is 7.09. The zero-order valence-corrected chi connectivity index (χ0v) is 9.62. The smallest absolute Gasteiger partial charge is 0.213 e. The maximum Gasteiger partial charge on any atom is 0.213 e. The van der Waals surface area contributed by atoms with Crippen LogP contribution in [-0.2, 0) is 6.54 Å². The van der Waals surface area contributed by atoms with Gasteiger partial charge in [-0.15, -0.1) is 11.3 Å². The van der Waals surface area contributed by atoms with E-state index in [4.69, 9.17) is 5.73 Å². The molecule has 2 aromatic heterocycles. The van der Waals surface area contributed by atoms with Crippen LogP contribution in [0.5, 0.6) is 0 Å². The number of rotatable bonds is 3. The van der Waals surface area contributed by atoms with Gasteiger partial charge in [0.05, 0.1) is 0 Å². The van der Waals surface area contributed by atoms with E-state index >= 15 is 0 Å². The maximum atomic E-state index is 12.0. The fraction of sp³-hybridized carbons (Fsp3) is 0.182. The lowest BCUT2D eigenvalue weighted by molar-refractivity contribution is 0.103. The van der Waals surface area contributed by atoms with Crippen molar-refractivity contribution in [3.8, 4) is 0 Å². The summed E-state index contributed by atoms with van der Waals surface area (Å²) in [7, 11) is 0. The van der Waals surface area contributed by atoms with Gasteiger partial charge in [-0.25, -0.2) is 4.98 Å². The van der Waals surface area contributed by atoms with Crippen molar-refractivity contribution in [1.82, 2.24) is 9.97 Å². The molecule has 5 heteroatoms. The first-order valence-corrected chi connectivity index (χ1v) is 5.70. The van der Waals surface area contributed by atoms with Gasteiger partial charge in [0.25, 0.3) is 0 Å². The predicted octanol–water partition coefficient (Wildman–Crippen LogP) is 1.54. The van der Waals surface area contributed by atoms with Crippen LogP contribution in [0.4, 0.5) is 0 Å². The van der Waals surface area contributed by atoms with Gasteiger partial charge in [0.2, 0.25) is 5.78 Å². The number of pyridine rings is 1. The standard InChI is InChI=1S/C11H11N3OS/c1-7-2-3-8(5-13-7)11(15)9-6-16-10(4-12)14-9/h2-3,5-6H,4,12H2,1H3. The van der Waals surface area contributed by atoms with Gasteiger partial charge < -0.3 is 5.73 Å². The average Bonchev–Trinajstić information content (AvgIpc) is 2.77. The van der Waals surface area contributed by atoms with Crippen molar-refractivity contribution in [2.24, 2.45) is 5.73 Å². The van der Waals surface area contributed by atoms with Crippen molar-refractivity contribution in [1.29, 1.82) is 0 Å². The Labute approximate surface area is 97.2 Å². The van der Waals surface area contributed by atoms with Gasteiger partial charge in [-0.05, 0) is 19.1 Å². The molecule has 2 aromatic rings. The molecular weight excluding hydrogens is 222 g/mol. The molecule has 2 heterocycles. The Bertz CT molecular complexity index is 504. The van der Waals surface area contributed by atoms with Gasteiger partial charge in [0, 0.05) is 29.4 Å². The first kappa shape index (κ1) is 10.9. The summed E-state index contributed by atoms with van der Waals surface area (Å²) < 4.78 is 0. The van der Waals surface area contributed by atoms with Crippen LogP contribution < -0.4 is 5.73 Å². The van der Waals surface area contributed by atoms with Crippen molar-refractivity contribution in [2.45, 2.75) is 13.5 Å². The molecule has 2 N–H and O–H groups in total. The molecule has 0 aliphatic rings. The topological polar surface area (TPSA) is 68.9 Å². The summed E-state index contributed by atoms with van der Waals surface area (Å²) >= 11 is 1.40. The Morgan fingerprint density at radius 1 is 1.50 bits per heavy atom. The molecule has 0 aliphatic carbocycles. The highest BCUT2D eigenvalue weighted by Gasteiger charge is 2.12. The van der Waals surface area contributed by atoms with Gasteiger partial charge >= 0.3 is 0 Å². The first-order chi connectivity index (χ1) is 7.70. The maximum absolute atomic E-state index is 12.0. The SMILES string of the molecule is Cc1ccc(C(=O)c2csc(CN)n2)cn1. The third kappa shape index (κ3) is 2.15. The number of carbonyl (C=O) groups is 1. The second-order valence-corrected chi connectivity index (χ2v) is 4.29. The van der Waals surface area contributed by atoms with Gasteiger partial charge in [-0.2, -0.15) is 0 Å². The Balaban J connectivity index is 2.28. The highest BCUT2D eigenvalue weighted by Crippen LogP contribution is 2.13. The van der Waals surface area contributed by atoms with Crippen molar-refractivity contribution in [3.63, 3.8) is 0 Å². The minimum absolute atomic E-state index is 0.108. The highest BCUT2D eigenvalue weighted by atomic mass is 32.1. The molecule has 0 amide bonds. The van der Waals surface area contributed by atoms with E-state index in [1.165, 1.54) is 11.3 Å². The number of nitrogens with two attached hydrogens (primary N) is 1. The Hall–Kier alpha value is -1.59. The number of thiazole rings is 1. The monoisotopic (exact) mass is 233 g/mol. The fourth-order valence-corrected chi connectivity index (χ4v) is 1.91. The molecule has 0 saturated carbocycles. The summed E-state index contributed by atoms with van der Waals surface area (Å²) in [6, 6.07) is 3.57. The summed E-state index contributed by atoms with van der Waals surface area (Å²) in [5.41, 5.74) is 7.33. The molecule has 0 bridgehead atoms. The third-order valence-corrected chi connectivity index (χ3v) is 3.00. The number of hydrogen-bond donors (Lipinski definition) is 1. The quantitative estimate of drug-likeness (QED) is 0.816. The number of carbonyl (C=O) groups excluding carboxylic acids is 1. The summed E-state index contributed by atoms with van der Waals surface area (Å²) in [6.45, 7) is 2.24. The van der Waals surface area contributed by atoms with E-state index in [9.17, 15) is 4.79 Å². The minimum atomic E-state index is -0.108. The van der Waals surface area contributed by atoms with E-state index in [0.717, 1.165) is 10.7 Å². The summed E-state index contributed by atoms with van der Waals surface area (Å²) in [5, 5.41) is 2.49. The second-order valence-electron chi connectivity index (χ2n) is 3.35. The van der Waals surface area contributed by atoms with Crippen molar-refractivity contribution in [3.05, 3.63) is 45.7 Å². The van der Waals surface area contributed by atoms with Crippen molar-refractivity contribution < 1.29 is 4.79 Å². The molecule has 16 heavy (non-hydrogen) atoms. The van der Waals surface area contributed by atoms with E-state index in [1.807, 2.05) is 13.0 Å². The predicted molar refractivity (Wildman–Crippen MR) is 62.4 cm³/mol. The second kappa shape index (κ2) is 4.51. The number of aryl methyl sites for hydroxylation is 1. The summed E-state index contributed by atoms with van der Waals surface area (Å²) in [5.74, 6) is -0.108. The lowest BCUT2D eigenvalue weighted by Gasteiger charge is -1.97. The van der Waals surface area contributed by atoms with Crippen LogP contribution in [0.3, 0.4) is 0 Å². The lowest BCUT2D eigenvalue weighted by atomic mass is 10.1. The molecule has 0 aromatic carbocycles. The molecule has 2 rings (SSSR count). The molecule has 0 aliphatic heterocycles. The summed E-state index contributed by atoms with van der Waals surface area (Å²) in [4.78, 5) is 20.2. The largest absolute Gasteiger partial charge is 0.325 e. The Kier molecular flexibility index (Phi) is 3.07. The van der Waals surface area contributed by atoms with Gasteiger partial charge in [0.15, 0.2) is 0 Å². The molecule has 0 unspecified atom stereocenters. The number of hydrogen-bond acceptors (Lipinski definition) is 5. The van der Waals surface area contributed by atoms with Crippen LogP contribution in [0.2, 0.25) is 0 Å². The van der Waals surface area contributed by atoms with Crippen LogP contribution in [0.1, 0.15) is 26.8 Å². The molecule has 0 spiro atoms. The molecule has 0 radical (unpaired) electrons. The van der Waals surface area contributed by atoms with E-state index in [2.05, 4.69) is 9.97 Å². The third-order valence-electron chi connectivity index (χ3n) is 2.13. The number of aromatic nitrogens is 2. The van der Waals surface area contributed by atoms with Crippen LogP contribution in [0, 0.1) is 6.92 Å². The van der Waals surface area contributed by atoms with Crippen molar-refractivity contribution >= 4 is 17.1 Å². The normalized spacial score (nSPS) is 10.4. The van der Waals surface area contributed by atoms with Crippen LogP contribution in [0.25, 0.3) is 0 Å². The van der Waals surface area contributed by atoms with Crippen LogP contribution in [0.15, 0.2) is 23.7 Å². The molecule has 82 valence electrons. The number of nitrogens with zero attached hydrogens (tertiary/aromatic N) is 2. The van der Waals surface area contributed by atoms with E-state index in [0.29, 0.717) is 17.8 Å².